The number of rotatable bonds is 2. The summed E-state index contributed by atoms with van der Waals surface area (Å²) in [7, 11) is 1.64. The highest BCUT2D eigenvalue weighted by molar-refractivity contribution is 9.10. The van der Waals surface area contributed by atoms with Gasteiger partial charge in [0.05, 0.1) is 17.8 Å². The minimum absolute atomic E-state index is 0.618. The van der Waals surface area contributed by atoms with Gasteiger partial charge in [0.1, 0.15) is 0 Å². The molecule has 5 heteroatoms. The van der Waals surface area contributed by atoms with E-state index in [0.29, 0.717) is 11.3 Å². The van der Waals surface area contributed by atoms with Crippen LogP contribution in [0.5, 0.6) is 5.88 Å². The number of ether oxygens (including phenoxy) is 1. The second kappa shape index (κ2) is 5.88. The van der Waals surface area contributed by atoms with Crippen LogP contribution in [0.2, 0.25) is 0 Å². The van der Waals surface area contributed by atoms with Crippen LogP contribution in [0.15, 0.2) is 10.7 Å². The molecule has 1 saturated carbocycles. The number of halogens is 1. The molecule has 1 aromatic heterocycles. The number of hydrogen-bond acceptors (Lipinski definition) is 4. The molecule has 0 aromatic carbocycles. The van der Waals surface area contributed by atoms with Crippen LogP contribution in [0, 0.1) is 5.41 Å². The Morgan fingerprint density at radius 2 is 1.85 bits per heavy atom. The minimum Gasteiger partial charge on any atom is -0.480 e. The molecule has 0 bridgehead atoms. The van der Waals surface area contributed by atoms with Gasteiger partial charge in [-0.3, -0.25) is 0 Å². The Labute approximate surface area is 129 Å². The summed E-state index contributed by atoms with van der Waals surface area (Å²) in [4.78, 5) is 11.2. The first kappa shape index (κ1) is 14.1. The molecular weight excluding hydrogens is 318 g/mol. The Morgan fingerprint density at radius 3 is 2.50 bits per heavy atom. The summed E-state index contributed by atoms with van der Waals surface area (Å²) >= 11 is 3.40. The third-order valence-electron chi connectivity index (χ3n) is 4.91. The summed E-state index contributed by atoms with van der Waals surface area (Å²) in [5.41, 5.74) is 0.619. The van der Waals surface area contributed by atoms with Crippen molar-refractivity contribution in [2.75, 3.05) is 25.1 Å². The van der Waals surface area contributed by atoms with Crippen LogP contribution in [0.4, 0.5) is 5.95 Å². The van der Waals surface area contributed by atoms with Crippen molar-refractivity contribution < 1.29 is 4.74 Å². The van der Waals surface area contributed by atoms with E-state index in [4.69, 9.17) is 4.74 Å². The Bertz CT molecular complexity index is 464. The lowest BCUT2D eigenvalue weighted by molar-refractivity contribution is 0.143. The van der Waals surface area contributed by atoms with Crippen molar-refractivity contribution in [2.24, 2.45) is 5.41 Å². The van der Waals surface area contributed by atoms with Gasteiger partial charge in [-0.05, 0) is 47.0 Å². The maximum Gasteiger partial charge on any atom is 0.232 e. The monoisotopic (exact) mass is 339 g/mol. The summed E-state index contributed by atoms with van der Waals surface area (Å²) in [5.74, 6) is 1.42. The van der Waals surface area contributed by atoms with Crippen molar-refractivity contribution in [1.29, 1.82) is 0 Å². The molecule has 1 aromatic rings. The molecule has 4 nitrogen and oxygen atoms in total. The van der Waals surface area contributed by atoms with E-state index < -0.39 is 0 Å². The number of hydrogen-bond donors (Lipinski definition) is 0. The van der Waals surface area contributed by atoms with Gasteiger partial charge in [-0.25, -0.2) is 4.98 Å². The Balaban J connectivity index is 1.68. The highest BCUT2D eigenvalue weighted by Crippen LogP contribution is 2.44. The van der Waals surface area contributed by atoms with E-state index >= 15 is 0 Å². The van der Waals surface area contributed by atoms with E-state index in [1.807, 2.05) is 0 Å². The minimum atomic E-state index is 0.618. The van der Waals surface area contributed by atoms with Crippen molar-refractivity contribution >= 4 is 21.9 Å². The van der Waals surface area contributed by atoms with Crippen LogP contribution in [0.25, 0.3) is 0 Å². The molecule has 1 spiro atoms. The fourth-order valence-corrected chi connectivity index (χ4v) is 3.97. The van der Waals surface area contributed by atoms with Crippen LogP contribution in [0.3, 0.4) is 0 Å². The van der Waals surface area contributed by atoms with E-state index in [0.717, 1.165) is 23.5 Å². The smallest absolute Gasteiger partial charge is 0.232 e. The van der Waals surface area contributed by atoms with Crippen LogP contribution in [-0.4, -0.2) is 30.2 Å². The van der Waals surface area contributed by atoms with E-state index in [1.165, 1.54) is 44.9 Å². The lowest BCUT2D eigenvalue weighted by atomic mass is 9.68. The van der Waals surface area contributed by atoms with E-state index in [-0.39, 0.29) is 0 Å². The van der Waals surface area contributed by atoms with Crippen molar-refractivity contribution in [2.45, 2.75) is 44.9 Å². The van der Waals surface area contributed by atoms with Crippen molar-refractivity contribution in [1.82, 2.24) is 9.97 Å². The molecule has 2 aliphatic rings. The first-order valence-electron chi connectivity index (χ1n) is 7.54. The van der Waals surface area contributed by atoms with Gasteiger partial charge in [-0.1, -0.05) is 19.3 Å². The first-order chi connectivity index (χ1) is 9.72. The highest BCUT2D eigenvalue weighted by Gasteiger charge is 2.36. The fourth-order valence-electron chi connectivity index (χ4n) is 3.62. The predicted molar refractivity (Wildman–Crippen MR) is 83.2 cm³/mol. The molecule has 0 amide bonds. The van der Waals surface area contributed by atoms with Crippen molar-refractivity contribution in [3.63, 3.8) is 0 Å². The van der Waals surface area contributed by atoms with Crippen LogP contribution < -0.4 is 9.64 Å². The maximum absolute atomic E-state index is 5.26. The normalized spacial score (nSPS) is 22.0. The molecule has 0 unspecified atom stereocenters. The second-order valence-corrected chi connectivity index (χ2v) is 6.93. The third kappa shape index (κ3) is 2.78. The van der Waals surface area contributed by atoms with E-state index in [1.54, 1.807) is 13.3 Å². The van der Waals surface area contributed by atoms with Crippen LogP contribution in [-0.2, 0) is 0 Å². The summed E-state index contributed by atoms with van der Waals surface area (Å²) in [6.07, 6.45) is 11.5. The van der Waals surface area contributed by atoms with E-state index in [9.17, 15) is 0 Å². The molecule has 3 rings (SSSR count). The molecule has 0 radical (unpaired) electrons. The summed E-state index contributed by atoms with van der Waals surface area (Å²) < 4.78 is 6.07. The lowest BCUT2D eigenvalue weighted by Gasteiger charge is -2.44. The van der Waals surface area contributed by atoms with Gasteiger partial charge in [-0.15, -0.1) is 0 Å². The standard InChI is InChI=1S/C15H22BrN3O/c1-20-13-12(16)11-17-14(18-13)19-9-7-15(8-10-19)5-3-2-4-6-15/h11H,2-10H2,1H3. The first-order valence-corrected chi connectivity index (χ1v) is 8.33. The quantitative estimate of drug-likeness (QED) is 0.821. The average Bonchev–Trinajstić information content (AvgIpc) is 2.50. The highest BCUT2D eigenvalue weighted by atomic mass is 79.9. The molecule has 0 atom stereocenters. The van der Waals surface area contributed by atoms with Gasteiger partial charge in [0.15, 0.2) is 0 Å². The Hall–Kier alpha value is -0.840. The molecular formula is C15H22BrN3O. The third-order valence-corrected chi connectivity index (χ3v) is 5.46. The van der Waals surface area contributed by atoms with E-state index in [2.05, 4.69) is 30.8 Å². The number of nitrogens with zero attached hydrogens (tertiary/aromatic N) is 3. The zero-order valence-electron chi connectivity index (χ0n) is 12.1. The molecule has 2 heterocycles. The van der Waals surface area contributed by atoms with Gasteiger partial charge in [0.2, 0.25) is 11.8 Å². The summed E-state index contributed by atoms with van der Waals surface area (Å²) in [6, 6.07) is 0. The summed E-state index contributed by atoms with van der Waals surface area (Å²) in [5, 5.41) is 0. The van der Waals surface area contributed by atoms with Crippen LogP contribution >= 0.6 is 15.9 Å². The molecule has 2 fully saturated rings. The van der Waals surface area contributed by atoms with Gasteiger partial charge < -0.3 is 9.64 Å². The van der Waals surface area contributed by atoms with Crippen molar-refractivity contribution in [3.8, 4) is 5.88 Å². The largest absolute Gasteiger partial charge is 0.480 e. The molecule has 20 heavy (non-hydrogen) atoms. The molecule has 1 aliphatic carbocycles. The predicted octanol–water partition coefficient (Wildman–Crippen LogP) is 3.80. The fraction of sp³-hybridized carbons (Fsp3) is 0.733. The van der Waals surface area contributed by atoms with Crippen LogP contribution in [0.1, 0.15) is 44.9 Å². The molecule has 1 aliphatic heterocycles. The number of methoxy groups -OCH3 is 1. The maximum atomic E-state index is 5.26. The number of aromatic nitrogens is 2. The zero-order valence-corrected chi connectivity index (χ0v) is 13.7. The zero-order chi connectivity index (χ0) is 14.0. The van der Waals surface area contributed by atoms with Gasteiger partial charge >= 0.3 is 0 Å². The van der Waals surface area contributed by atoms with Crippen molar-refractivity contribution in [3.05, 3.63) is 10.7 Å². The number of piperidine rings is 1. The van der Waals surface area contributed by atoms with Gasteiger partial charge in [0, 0.05) is 13.1 Å². The molecule has 0 N–H and O–H groups in total. The lowest BCUT2D eigenvalue weighted by Crippen LogP contribution is -2.41. The SMILES string of the molecule is COc1nc(N2CCC3(CCCCC3)CC2)ncc1Br. The Morgan fingerprint density at radius 1 is 1.15 bits per heavy atom. The number of anilines is 1. The Kier molecular flexibility index (Phi) is 4.15. The summed E-state index contributed by atoms with van der Waals surface area (Å²) in [6.45, 7) is 2.15. The topological polar surface area (TPSA) is 38.2 Å². The van der Waals surface area contributed by atoms with Gasteiger partial charge in [0.25, 0.3) is 0 Å². The average molecular weight is 340 g/mol. The molecule has 1 saturated heterocycles. The van der Waals surface area contributed by atoms with Gasteiger partial charge in [-0.2, -0.15) is 4.98 Å². The molecule has 110 valence electrons. The second-order valence-electron chi connectivity index (χ2n) is 6.07.